The fourth-order valence-corrected chi connectivity index (χ4v) is 5.97. The third kappa shape index (κ3) is 5.17. The van der Waals surface area contributed by atoms with Crippen LogP contribution < -0.4 is 4.90 Å². The summed E-state index contributed by atoms with van der Waals surface area (Å²) in [4.78, 5) is 28.9. The predicted octanol–water partition coefficient (Wildman–Crippen LogP) is 4.29. The van der Waals surface area contributed by atoms with E-state index in [0.29, 0.717) is 12.0 Å². The fraction of sp³-hybridized carbons (Fsp3) is 0.593. The number of hydrogen-bond donors (Lipinski definition) is 0. The van der Waals surface area contributed by atoms with E-state index in [4.69, 9.17) is 4.74 Å². The van der Waals surface area contributed by atoms with Gasteiger partial charge in [0.1, 0.15) is 11.9 Å². The number of benzene rings is 1. The minimum absolute atomic E-state index is 0.0515. The molecule has 7 nitrogen and oxygen atoms in total. The summed E-state index contributed by atoms with van der Waals surface area (Å²) in [5.41, 5.74) is 2.66. The standard InChI is InChI=1S/C27H38N5O2P/c1-19-15-32(20(2)14-31(19)24-13-28-23(12-29-24)26(3,4)35)25(33)34-22-10-27(11-22)17-30(18-27)16-21-8-6-5-7-9-21/h5-9,12-13,19-20,22H,10-11,14-18,35H2,1-4H3/t19-,20-/m1/s1. The van der Waals surface area contributed by atoms with Crippen LogP contribution in [0.15, 0.2) is 42.7 Å². The fourth-order valence-electron chi connectivity index (χ4n) is 5.82. The highest BCUT2D eigenvalue weighted by molar-refractivity contribution is 7.18. The zero-order chi connectivity index (χ0) is 24.8. The van der Waals surface area contributed by atoms with E-state index in [1.165, 1.54) is 5.56 Å². The van der Waals surface area contributed by atoms with Gasteiger partial charge in [-0.2, -0.15) is 0 Å². The Hall–Kier alpha value is -2.24. The van der Waals surface area contributed by atoms with Gasteiger partial charge in [-0.1, -0.05) is 44.2 Å². The minimum atomic E-state index is -0.171. The molecular weight excluding hydrogens is 457 g/mol. The second-order valence-electron chi connectivity index (χ2n) is 11.5. The summed E-state index contributed by atoms with van der Waals surface area (Å²) in [6.45, 7) is 13.0. The van der Waals surface area contributed by atoms with Crippen LogP contribution in [0.5, 0.6) is 0 Å². The van der Waals surface area contributed by atoms with Gasteiger partial charge in [0.25, 0.3) is 0 Å². The highest BCUT2D eigenvalue weighted by Crippen LogP contribution is 2.50. The Morgan fingerprint density at radius 2 is 1.80 bits per heavy atom. The Morgan fingerprint density at radius 1 is 1.09 bits per heavy atom. The van der Waals surface area contributed by atoms with Gasteiger partial charge in [-0.25, -0.2) is 9.78 Å². The molecule has 3 heterocycles. The van der Waals surface area contributed by atoms with Gasteiger partial charge in [0, 0.05) is 55.4 Å². The van der Waals surface area contributed by atoms with Gasteiger partial charge < -0.3 is 14.5 Å². The molecule has 0 bridgehead atoms. The molecule has 2 aromatic rings. The van der Waals surface area contributed by atoms with E-state index >= 15 is 0 Å². The molecule has 2 saturated heterocycles. The lowest BCUT2D eigenvalue weighted by atomic mass is 9.61. The molecule has 3 fully saturated rings. The number of piperazine rings is 1. The Kier molecular flexibility index (Phi) is 6.52. The van der Waals surface area contributed by atoms with Crippen LogP contribution in [0.2, 0.25) is 0 Å². The Labute approximate surface area is 211 Å². The van der Waals surface area contributed by atoms with Crippen molar-refractivity contribution in [3.05, 3.63) is 54.0 Å². The lowest BCUT2D eigenvalue weighted by Gasteiger charge is -2.58. The predicted molar refractivity (Wildman–Crippen MR) is 141 cm³/mol. The molecule has 3 aliphatic rings. The molecule has 1 aromatic carbocycles. The summed E-state index contributed by atoms with van der Waals surface area (Å²) < 4.78 is 5.94. The summed E-state index contributed by atoms with van der Waals surface area (Å²) in [5, 5.41) is -0.105. The van der Waals surface area contributed by atoms with Crippen molar-refractivity contribution < 1.29 is 9.53 Å². The highest BCUT2D eigenvalue weighted by Gasteiger charge is 2.54. The third-order valence-corrected chi connectivity index (χ3v) is 8.06. The number of rotatable bonds is 5. The molecule has 1 aliphatic carbocycles. The van der Waals surface area contributed by atoms with Gasteiger partial charge in [-0.05, 0) is 32.3 Å². The topological polar surface area (TPSA) is 61.8 Å². The molecule has 5 rings (SSSR count). The van der Waals surface area contributed by atoms with Crippen molar-refractivity contribution in [3.8, 4) is 0 Å². The molecule has 188 valence electrons. The molecule has 1 spiro atoms. The molecule has 1 unspecified atom stereocenters. The largest absolute Gasteiger partial charge is 0.446 e. The Balaban J connectivity index is 1.09. The number of carbonyl (C=O) groups is 1. The van der Waals surface area contributed by atoms with Crippen LogP contribution in [0.25, 0.3) is 0 Å². The van der Waals surface area contributed by atoms with Crippen molar-refractivity contribution in [1.29, 1.82) is 0 Å². The lowest BCUT2D eigenvalue weighted by molar-refractivity contribution is -0.137. The van der Waals surface area contributed by atoms with E-state index in [2.05, 4.69) is 87.0 Å². The van der Waals surface area contributed by atoms with Gasteiger partial charge in [0.15, 0.2) is 0 Å². The van der Waals surface area contributed by atoms with Crippen molar-refractivity contribution in [2.24, 2.45) is 5.41 Å². The summed E-state index contributed by atoms with van der Waals surface area (Å²) in [6, 6.07) is 10.8. The lowest BCUT2D eigenvalue weighted by Crippen LogP contribution is -2.64. The molecule has 0 N–H and O–H groups in total. The molecular formula is C27H38N5O2P. The van der Waals surface area contributed by atoms with Crippen LogP contribution in [0.3, 0.4) is 0 Å². The maximum absolute atomic E-state index is 13.0. The first-order valence-corrected chi connectivity index (χ1v) is 13.3. The Bertz CT molecular complexity index is 1030. The normalized spacial score (nSPS) is 24.7. The van der Waals surface area contributed by atoms with Gasteiger partial charge in [0.2, 0.25) is 0 Å². The van der Waals surface area contributed by atoms with Crippen molar-refractivity contribution >= 4 is 21.2 Å². The van der Waals surface area contributed by atoms with E-state index in [0.717, 1.165) is 50.5 Å². The average Bonchev–Trinajstić information content (AvgIpc) is 2.77. The number of likely N-dealkylation sites (tertiary alicyclic amines) is 1. The van der Waals surface area contributed by atoms with E-state index in [9.17, 15) is 4.79 Å². The molecule has 2 aliphatic heterocycles. The molecule has 35 heavy (non-hydrogen) atoms. The second-order valence-corrected chi connectivity index (χ2v) is 13.0. The number of carbonyl (C=O) groups excluding carboxylic acids is 1. The van der Waals surface area contributed by atoms with Gasteiger partial charge >= 0.3 is 6.09 Å². The molecule has 1 saturated carbocycles. The van der Waals surface area contributed by atoms with E-state index < -0.39 is 0 Å². The van der Waals surface area contributed by atoms with Crippen LogP contribution in [0.4, 0.5) is 10.6 Å². The van der Waals surface area contributed by atoms with Crippen LogP contribution in [0, 0.1) is 5.41 Å². The number of anilines is 1. The molecule has 1 amide bonds. The second kappa shape index (κ2) is 9.33. The first-order valence-electron chi connectivity index (χ1n) is 12.7. The maximum Gasteiger partial charge on any atom is 0.410 e. The summed E-state index contributed by atoms with van der Waals surface area (Å²) in [7, 11) is 2.81. The van der Waals surface area contributed by atoms with Gasteiger partial charge in [0.05, 0.1) is 18.1 Å². The van der Waals surface area contributed by atoms with Crippen molar-refractivity contribution in [1.82, 2.24) is 19.8 Å². The van der Waals surface area contributed by atoms with Crippen molar-refractivity contribution in [3.63, 3.8) is 0 Å². The van der Waals surface area contributed by atoms with Crippen LogP contribution >= 0.6 is 9.24 Å². The van der Waals surface area contributed by atoms with Crippen molar-refractivity contribution in [2.45, 2.75) is 70.4 Å². The van der Waals surface area contributed by atoms with Gasteiger partial charge in [-0.3, -0.25) is 9.88 Å². The smallest absolute Gasteiger partial charge is 0.410 e. The van der Waals surface area contributed by atoms with Gasteiger partial charge in [-0.15, -0.1) is 9.24 Å². The third-order valence-electron chi connectivity index (χ3n) is 7.77. The van der Waals surface area contributed by atoms with E-state index in [-0.39, 0.29) is 29.4 Å². The molecule has 8 heteroatoms. The first kappa shape index (κ1) is 24.5. The van der Waals surface area contributed by atoms with Crippen LogP contribution in [-0.4, -0.2) is 70.2 Å². The van der Waals surface area contributed by atoms with Crippen LogP contribution in [0.1, 0.15) is 51.8 Å². The molecule has 1 aromatic heterocycles. The van der Waals surface area contributed by atoms with Crippen molar-refractivity contribution in [2.75, 3.05) is 31.1 Å². The number of hydrogen-bond acceptors (Lipinski definition) is 6. The highest BCUT2D eigenvalue weighted by atomic mass is 31.0. The number of amides is 1. The summed E-state index contributed by atoms with van der Waals surface area (Å²) in [6.07, 6.45) is 5.57. The van der Waals surface area contributed by atoms with E-state index in [1.54, 1.807) is 0 Å². The van der Waals surface area contributed by atoms with E-state index in [1.807, 2.05) is 17.3 Å². The molecule has 3 atom stereocenters. The average molecular weight is 496 g/mol. The minimum Gasteiger partial charge on any atom is -0.446 e. The number of ether oxygens (including phenoxy) is 1. The number of aromatic nitrogens is 2. The quantitative estimate of drug-likeness (QED) is 0.577. The summed E-state index contributed by atoms with van der Waals surface area (Å²) in [5.74, 6) is 0.862. The SMILES string of the molecule is C[C@@H]1CN(c2cnc(C(C)(C)P)cn2)[C@H](C)CN1C(=O)OC1CC2(C1)CN(Cc1ccccc1)C2. The zero-order valence-electron chi connectivity index (χ0n) is 21.4. The maximum atomic E-state index is 13.0. The first-order chi connectivity index (χ1) is 16.6. The number of nitrogens with zero attached hydrogens (tertiary/aromatic N) is 5. The van der Waals surface area contributed by atoms with Crippen LogP contribution in [-0.2, 0) is 16.4 Å². The summed E-state index contributed by atoms with van der Waals surface area (Å²) >= 11 is 0. The molecule has 0 radical (unpaired) electrons. The zero-order valence-corrected chi connectivity index (χ0v) is 22.5. The monoisotopic (exact) mass is 495 g/mol. The Morgan fingerprint density at radius 3 is 2.43 bits per heavy atom.